The molecule has 7 nitrogen and oxygen atoms in total. The Hall–Kier alpha value is -2.44. The van der Waals surface area contributed by atoms with E-state index in [4.69, 9.17) is 24.7 Å². The highest BCUT2D eigenvalue weighted by molar-refractivity contribution is 5.93. The van der Waals surface area contributed by atoms with E-state index in [1.54, 1.807) is 0 Å². The van der Waals surface area contributed by atoms with Gasteiger partial charge in [-0.05, 0) is 39.8 Å². The van der Waals surface area contributed by atoms with E-state index < -0.39 is 18.0 Å². The lowest BCUT2D eigenvalue weighted by molar-refractivity contribution is -0.125. The number of nitrogens with two attached hydrogens (primary N) is 1. The molecule has 1 rings (SSSR count). The van der Waals surface area contributed by atoms with Crippen molar-refractivity contribution in [3.8, 4) is 17.2 Å². The molecule has 0 saturated heterocycles. The summed E-state index contributed by atoms with van der Waals surface area (Å²) in [4.78, 5) is 23.2. The molecule has 0 aliphatic heterocycles. The Kier molecular flexibility index (Phi) is 7.18. The first-order chi connectivity index (χ1) is 10.9. The smallest absolute Gasteiger partial charge is 0.339 e. The number of amides is 1. The zero-order valence-electron chi connectivity index (χ0n) is 13.9. The van der Waals surface area contributed by atoms with Crippen molar-refractivity contribution in [3.05, 3.63) is 17.7 Å². The topological polar surface area (TPSA) is 97.1 Å². The summed E-state index contributed by atoms with van der Waals surface area (Å²) in [6.07, 6.45) is -1.03. The number of primary amides is 1. The third-order valence-corrected chi connectivity index (χ3v) is 2.83. The number of rotatable bonds is 9. The molecule has 2 N–H and O–H groups in total. The normalized spacial score (nSPS) is 11.5. The highest BCUT2D eigenvalue weighted by Crippen LogP contribution is 2.39. The predicted molar refractivity (Wildman–Crippen MR) is 84.0 cm³/mol. The lowest BCUT2D eigenvalue weighted by atomic mass is 10.1. The molecular formula is C16H23NO6. The highest BCUT2D eigenvalue weighted by Gasteiger charge is 2.21. The van der Waals surface area contributed by atoms with Crippen LogP contribution in [0.5, 0.6) is 17.2 Å². The number of hydrogen-bond acceptors (Lipinski definition) is 6. The van der Waals surface area contributed by atoms with Crippen LogP contribution in [0, 0.1) is 0 Å². The van der Waals surface area contributed by atoms with Crippen LogP contribution in [0.4, 0.5) is 0 Å². The lowest BCUT2D eigenvalue weighted by Crippen LogP contribution is -2.30. The van der Waals surface area contributed by atoms with Gasteiger partial charge in [0.1, 0.15) is 0 Å². The summed E-state index contributed by atoms with van der Waals surface area (Å²) in [5.74, 6) is -0.241. The molecule has 0 aliphatic carbocycles. The second-order valence-corrected chi connectivity index (χ2v) is 4.55. The van der Waals surface area contributed by atoms with Gasteiger partial charge in [0.05, 0.1) is 25.4 Å². The van der Waals surface area contributed by atoms with Gasteiger partial charge in [0.2, 0.25) is 5.75 Å². The van der Waals surface area contributed by atoms with Crippen LogP contribution in [0.1, 0.15) is 38.1 Å². The van der Waals surface area contributed by atoms with Gasteiger partial charge in [-0.15, -0.1) is 0 Å². The van der Waals surface area contributed by atoms with Crippen molar-refractivity contribution >= 4 is 11.9 Å². The quantitative estimate of drug-likeness (QED) is 0.697. The second-order valence-electron chi connectivity index (χ2n) is 4.55. The van der Waals surface area contributed by atoms with E-state index in [2.05, 4.69) is 0 Å². The second kappa shape index (κ2) is 8.87. The number of esters is 1. The van der Waals surface area contributed by atoms with Crippen LogP contribution in [0.15, 0.2) is 12.1 Å². The molecule has 0 radical (unpaired) electrons. The van der Waals surface area contributed by atoms with Crippen molar-refractivity contribution in [1.29, 1.82) is 0 Å². The van der Waals surface area contributed by atoms with E-state index in [-0.39, 0.29) is 5.56 Å². The van der Waals surface area contributed by atoms with E-state index in [9.17, 15) is 9.59 Å². The van der Waals surface area contributed by atoms with Gasteiger partial charge in [-0.1, -0.05) is 0 Å². The molecule has 0 heterocycles. The van der Waals surface area contributed by atoms with E-state index >= 15 is 0 Å². The molecule has 0 spiro atoms. The van der Waals surface area contributed by atoms with Crippen LogP contribution in [0.3, 0.4) is 0 Å². The van der Waals surface area contributed by atoms with Gasteiger partial charge < -0.3 is 24.7 Å². The fourth-order valence-electron chi connectivity index (χ4n) is 1.79. The summed E-state index contributed by atoms with van der Waals surface area (Å²) in [7, 11) is 0. The minimum atomic E-state index is -1.03. The van der Waals surface area contributed by atoms with E-state index in [0.29, 0.717) is 37.1 Å². The van der Waals surface area contributed by atoms with Crippen molar-refractivity contribution in [2.24, 2.45) is 5.73 Å². The average molecular weight is 325 g/mol. The first kappa shape index (κ1) is 18.6. The molecule has 23 heavy (non-hydrogen) atoms. The summed E-state index contributed by atoms with van der Waals surface area (Å²) in [5.41, 5.74) is 5.28. The number of hydrogen-bond donors (Lipinski definition) is 1. The number of benzene rings is 1. The van der Waals surface area contributed by atoms with E-state index in [1.165, 1.54) is 19.1 Å². The van der Waals surface area contributed by atoms with Crippen LogP contribution in [0.2, 0.25) is 0 Å². The maximum Gasteiger partial charge on any atom is 0.339 e. The molecule has 128 valence electrons. The minimum absolute atomic E-state index is 0.188. The van der Waals surface area contributed by atoms with Crippen LogP contribution in [0.25, 0.3) is 0 Å². The Morgan fingerprint density at radius 3 is 1.87 bits per heavy atom. The van der Waals surface area contributed by atoms with Crippen molar-refractivity contribution < 1.29 is 28.5 Å². The minimum Gasteiger partial charge on any atom is -0.490 e. The predicted octanol–water partition coefficient (Wildman–Crippen LogP) is 1.91. The number of carbonyl (C=O) groups is 2. The molecule has 0 fully saturated rings. The Bertz CT molecular complexity index is 530. The molecule has 0 bridgehead atoms. The summed E-state index contributed by atoms with van der Waals surface area (Å²) >= 11 is 0. The van der Waals surface area contributed by atoms with Crippen LogP contribution < -0.4 is 19.9 Å². The first-order valence-electron chi connectivity index (χ1n) is 7.51. The molecule has 1 aromatic rings. The Morgan fingerprint density at radius 1 is 1.00 bits per heavy atom. The standard InChI is InChI=1S/C16H23NO6/c1-5-20-12-8-11(16(19)23-10(4)15(17)18)9-13(21-6-2)14(12)22-7-3/h8-10H,5-7H2,1-4H3,(H2,17,18). The molecule has 0 aliphatic rings. The summed E-state index contributed by atoms with van der Waals surface area (Å²) < 4.78 is 21.6. The van der Waals surface area contributed by atoms with Crippen LogP contribution in [-0.2, 0) is 9.53 Å². The summed E-state index contributed by atoms with van der Waals surface area (Å²) in [5, 5.41) is 0. The Labute approximate surface area is 135 Å². The molecule has 0 aromatic heterocycles. The van der Waals surface area contributed by atoms with Crippen LogP contribution in [-0.4, -0.2) is 37.8 Å². The van der Waals surface area contributed by atoms with Crippen molar-refractivity contribution in [2.45, 2.75) is 33.8 Å². The monoisotopic (exact) mass is 325 g/mol. The molecular weight excluding hydrogens is 302 g/mol. The van der Waals surface area contributed by atoms with Crippen LogP contribution >= 0.6 is 0 Å². The Morgan fingerprint density at radius 2 is 1.48 bits per heavy atom. The van der Waals surface area contributed by atoms with Gasteiger partial charge in [-0.2, -0.15) is 0 Å². The molecule has 1 aromatic carbocycles. The fraction of sp³-hybridized carbons (Fsp3) is 0.500. The first-order valence-corrected chi connectivity index (χ1v) is 7.51. The third-order valence-electron chi connectivity index (χ3n) is 2.83. The van der Waals surface area contributed by atoms with Gasteiger partial charge in [0, 0.05) is 0 Å². The van der Waals surface area contributed by atoms with Gasteiger partial charge >= 0.3 is 5.97 Å². The number of ether oxygens (including phenoxy) is 4. The third kappa shape index (κ3) is 5.05. The van der Waals surface area contributed by atoms with Gasteiger partial charge in [-0.25, -0.2) is 4.79 Å². The van der Waals surface area contributed by atoms with Crippen molar-refractivity contribution in [3.63, 3.8) is 0 Å². The number of carbonyl (C=O) groups excluding carboxylic acids is 2. The summed E-state index contributed by atoms with van der Waals surface area (Å²) in [6, 6.07) is 2.99. The maximum absolute atomic E-state index is 12.2. The zero-order chi connectivity index (χ0) is 17.4. The van der Waals surface area contributed by atoms with Crippen molar-refractivity contribution in [1.82, 2.24) is 0 Å². The Balaban J connectivity index is 3.21. The molecule has 0 saturated carbocycles. The fourth-order valence-corrected chi connectivity index (χ4v) is 1.79. The SMILES string of the molecule is CCOc1cc(C(=O)OC(C)C(N)=O)cc(OCC)c1OCC. The van der Waals surface area contributed by atoms with Gasteiger partial charge in [-0.3, -0.25) is 4.79 Å². The molecule has 1 atom stereocenters. The van der Waals surface area contributed by atoms with Crippen molar-refractivity contribution in [2.75, 3.05) is 19.8 Å². The largest absolute Gasteiger partial charge is 0.490 e. The van der Waals surface area contributed by atoms with Gasteiger partial charge in [0.15, 0.2) is 17.6 Å². The molecule has 1 unspecified atom stereocenters. The molecule has 7 heteroatoms. The van der Waals surface area contributed by atoms with E-state index in [0.717, 1.165) is 0 Å². The van der Waals surface area contributed by atoms with Gasteiger partial charge in [0.25, 0.3) is 5.91 Å². The average Bonchev–Trinajstić information content (AvgIpc) is 2.50. The van der Waals surface area contributed by atoms with E-state index in [1.807, 2.05) is 20.8 Å². The zero-order valence-corrected chi connectivity index (χ0v) is 13.9. The maximum atomic E-state index is 12.2. The molecule has 1 amide bonds. The summed E-state index contributed by atoms with van der Waals surface area (Å²) in [6.45, 7) is 8.07. The lowest BCUT2D eigenvalue weighted by Gasteiger charge is -2.17. The highest BCUT2D eigenvalue weighted by atomic mass is 16.6.